The molecule has 2 rings (SSSR count). The number of benzene rings is 1. The van der Waals surface area contributed by atoms with Crippen LogP contribution < -0.4 is 10.1 Å². The molecule has 0 amide bonds. The molecule has 0 saturated carbocycles. The number of hydrogen-bond donors (Lipinski definition) is 2. The molecule has 6 heteroatoms. The van der Waals surface area contributed by atoms with Gasteiger partial charge in [0.1, 0.15) is 0 Å². The van der Waals surface area contributed by atoms with Gasteiger partial charge in [-0.15, -0.1) is 31.4 Å². The van der Waals surface area contributed by atoms with Crippen molar-refractivity contribution in [3.63, 3.8) is 0 Å². The molecule has 0 aliphatic carbocycles. The molecular formula is C14H22Cl2N2O2. The van der Waals surface area contributed by atoms with Crippen molar-refractivity contribution in [2.75, 3.05) is 33.3 Å². The highest BCUT2D eigenvalue weighted by molar-refractivity contribution is 5.85. The van der Waals surface area contributed by atoms with Crippen molar-refractivity contribution in [2.45, 2.75) is 6.04 Å². The normalized spacial score (nSPS) is 16.4. The predicted octanol–water partition coefficient (Wildman–Crippen LogP) is 2.38. The summed E-state index contributed by atoms with van der Waals surface area (Å²) >= 11 is 0. The number of nitrogens with zero attached hydrogens (tertiary/aromatic N) is 1. The highest BCUT2D eigenvalue weighted by atomic mass is 35.5. The van der Waals surface area contributed by atoms with E-state index in [2.05, 4.69) is 16.8 Å². The van der Waals surface area contributed by atoms with E-state index in [0.717, 1.165) is 31.7 Å². The van der Waals surface area contributed by atoms with Gasteiger partial charge in [0.15, 0.2) is 11.5 Å². The second-order valence-corrected chi connectivity index (χ2v) is 4.40. The van der Waals surface area contributed by atoms with Gasteiger partial charge in [0.2, 0.25) is 0 Å². The molecule has 4 nitrogen and oxygen atoms in total. The first-order valence-corrected chi connectivity index (χ1v) is 6.20. The van der Waals surface area contributed by atoms with Gasteiger partial charge in [-0.3, -0.25) is 4.90 Å². The number of methoxy groups -OCH3 is 1. The summed E-state index contributed by atoms with van der Waals surface area (Å²) in [4.78, 5) is 2.35. The van der Waals surface area contributed by atoms with Crippen LogP contribution in [0, 0.1) is 0 Å². The van der Waals surface area contributed by atoms with Crippen LogP contribution in [0.15, 0.2) is 30.9 Å². The molecule has 20 heavy (non-hydrogen) atoms. The number of ether oxygens (including phenoxy) is 1. The van der Waals surface area contributed by atoms with E-state index in [0.29, 0.717) is 5.75 Å². The van der Waals surface area contributed by atoms with Gasteiger partial charge in [-0.1, -0.05) is 12.1 Å². The molecule has 1 saturated heterocycles. The Balaban J connectivity index is 0.00000180. The molecule has 1 aromatic rings. The molecule has 1 fully saturated rings. The molecule has 0 radical (unpaired) electrons. The lowest BCUT2D eigenvalue weighted by atomic mass is 10.0. The van der Waals surface area contributed by atoms with Crippen LogP contribution >= 0.6 is 24.8 Å². The van der Waals surface area contributed by atoms with E-state index in [9.17, 15) is 5.11 Å². The highest BCUT2D eigenvalue weighted by Crippen LogP contribution is 2.31. The number of nitrogens with one attached hydrogen (secondary N) is 1. The minimum Gasteiger partial charge on any atom is -0.504 e. The highest BCUT2D eigenvalue weighted by Gasteiger charge is 2.20. The number of aromatic hydroxyl groups is 1. The minimum atomic E-state index is 0. The van der Waals surface area contributed by atoms with Crippen LogP contribution in [-0.4, -0.2) is 43.3 Å². The van der Waals surface area contributed by atoms with Gasteiger partial charge in [-0.05, 0) is 17.7 Å². The SMILES string of the molecule is C=C[C@H](c1ccc(OC)c(O)c1)N1CCNCC1.Cl.Cl. The summed E-state index contributed by atoms with van der Waals surface area (Å²) in [6, 6.07) is 5.67. The molecule has 1 atom stereocenters. The average Bonchev–Trinajstić information content (AvgIpc) is 2.41. The summed E-state index contributed by atoms with van der Waals surface area (Å²) in [6.45, 7) is 7.87. The summed E-state index contributed by atoms with van der Waals surface area (Å²) in [6.07, 6.45) is 1.92. The van der Waals surface area contributed by atoms with E-state index < -0.39 is 0 Å². The number of rotatable bonds is 4. The molecule has 1 aromatic carbocycles. The number of piperazine rings is 1. The zero-order chi connectivity index (χ0) is 13.0. The topological polar surface area (TPSA) is 44.7 Å². The molecule has 0 bridgehead atoms. The molecular weight excluding hydrogens is 299 g/mol. The summed E-state index contributed by atoms with van der Waals surface area (Å²) < 4.78 is 5.06. The van der Waals surface area contributed by atoms with Crippen LogP contribution in [0.2, 0.25) is 0 Å². The van der Waals surface area contributed by atoms with Crippen molar-refractivity contribution in [3.05, 3.63) is 36.4 Å². The smallest absolute Gasteiger partial charge is 0.160 e. The molecule has 0 spiro atoms. The largest absolute Gasteiger partial charge is 0.504 e. The third kappa shape index (κ3) is 4.28. The summed E-state index contributed by atoms with van der Waals surface area (Å²) in [5.41, 5.74) is 1.05. The van der Waals surface area contributed by atoms with Crippen molar-refractivity contribution >= 4 is 24.8 Å². The maximum absolute atomic E-state index is 9.84. The van der Waals surface area contributed by atoms with Crippen LogP contribution in [0.1, 0.15) is 11.6 Å². The number of halogens is 2. The van der Waals surface area contributed by atoms with Crippen molar-refractivity contribution in [1.82, 2.24) is 10.2 Å². The Kier molecular flexibility index (Phi) is 8.65. The fourth-order valence-corrected chi connectivity index (χ4v) is 2.35. The van der Waals surface area contributed by atoms with E-state index >= 15 is 0 Å². The Hall–Kier alpha value is -0.940. The van der Waals surface area contributed by atoms with Gasteiger partial charge < -0.3 is 15.2 Å². The third-order valence-electron chi connectivity index (χ3n) is 3.31. The minimum absolute atomic E-state index is 0. The average molecular weight is 321 g/mol. The van der Waals surface area contributed by atoms with E-state index in [-0.39, 0.29) is 36.6 Å². The monoisotopic (exact) mass is 320 g/mol. The van der Waals surface area contributed by atoms with Crippen LogP contribution in [0.3, 0.4) is 0 Å². The Morgan fingerprint density at radius 1 is 1.35 bits per heavy atom. The van der Waals surface area contributed by atoms with Crippen molar-refractivity contribution in [2.24, 2.45) is 0 Å². The fraction of sp³-hybridized carbons (Fsp3) is 0.429. The Morgan fingerprint density at radius 2 is 2.00 bits per heavy atom. The van der Waals surface area contributed by atoms with Crippen molar-refractivity contribution in [1.29, 1.82) is 0 Å². The maximum Gasteiger partial charge on any atom is 0.160 e. The number of phenols is 1. The Morgan fingerprint density at radius 3 is 2.50 bits per heavy atom. The zero-order valence-corrected chi connectivity index (χ0v) is 13.2. The predicted molar refractivity (Wildman–Crippen MR) is 86.5 cm³/mol. The van der Waals surface area contributed by atoms with Gasteiger partial charge in [-0.2, -0.15) is 0 Å². The van der Waals surface area contributed by atoms with Crippen molar-refractivity contribution in [3.8, 4) is 11.5 Å². The summed E-state index contributed by atoms with van der Waals surface area (Å²) in [5, 5.41) is 13.2. The van der Waals surface area contributed by atoms with Crippen LogP contribution in [0.5, 0.6) is 11.5 Å². The zero-order valence-electron chi connectivity index (χ0n) is 11.5. The van der Waals surface area contributed by atoms with E-state index in [1.54, 1.807) is 19.2 Å². The molecule has 2 N–H and O–H groups in total. The molecule has 0 unspecified atom stereocenters. The number of phenolic OH excluding ortho intramolecular Hbond substituents is 1. The number of hydrogen-bond acceptors (Lipinski definition) is 4. The van der Waals surface area contributed by atoms with Crippen LogP contribution in [0.25, 0.3) is 0 Å². The first-order valence-electron chi connectivity index (χ1n) is 6.20. The molecule has 1 aliphatic heterocycles. The van der Waals surface area contributed by atoms with Crippen LogP contribution in [-0.2, 0) is 0 Å². The first kappa shape index (κ1) is 19.1. The standard InChI is InChI=1S/C14H20N2O2.2ClH/c1-3-12(16-8-6-15-7-9-16)11-4-5-14(18-2)13(17)10-11;;/h3-5,10,12,15,17H,1,6-9H2,2H3;2*1H/t12-;;/m1../s1. The third-order valence-corrected chi connectivity index (χ3v) is 3.31. The lowest BCUT2D eigenvalue weighted by Crippen LogP contribution is -2.44. The molecule has 1 aliphatic rings. The van der Waals surface area contributed by atoms with Crippen molar-refractivity contribution < 1.29 is 9.84 Å². The van der Waals surface area contributed by atoms with E-state index in [4.69, 9.17) is 4.74 Å². The lowest BCUT2D eigenvalue weighted by Gasteiger charge is -2.33. The maximum atomic E-state index is 9.84. The molecule has 0 aromatic heterocycles. The second kappa shape index (κ2) is 9.08. The summed E-state index contributed by atoms with van der Waals surface area (Å²) in [5.74, 6) is 0.679. The van der Waals surface area contributed by atoms with Gasteiger partial charge in [0.05, 0.1) is 13.2 Å². The van der Waals surface area contributed by atoms with Gasteiger partial charge in [0, 0.05) is 26.2 Å². The fourth-order valence-electron chi connectivity index (χ4n) is 2.35. The van der Waals surface area contributed by atoms with E-state index in [1.165, 1.54) is 0 Å². The second-order valence-electron chi connectivity index (χ2n) is 4.40. The molecule has 114 valence electrons. The Labute approximate surface area is 132 Å². The first-order chi connectivity index (χ1) is 8.76. The summed E-state index contributed by atoms with van der Waals surface area (Å²) in [7, 11) is 1.55. The van der Waals surface area contributed by atoms with E-state index in [1.807, 2.05) is 12.1 Å². The van der Waals surface area contributed by atoms with Gasteiger partial charge in [0.25, 0.3) is 0 Å². The van der Waals surface area contributed by atoms with Crippen LogP contribution in [0.4, 0.5) is 0 Å². The van der Waals surface area contributed by atoms with Gasteiger partial charge in [-0.25, -0.2) is 0 Å². The lowest BCUT2D eigenvalue weighted by molar-refractivity contribution is 0.203. The Bertz CT molecular complexity index is 424. The molecule has 1 heterocycles. The quantitative estimate of drug-likeness (QED) is 0.836. The van der Waals surface area contributed by atoms with Gasteiger partial charge >= 0.3 is 0 Å².